The van der Waals surface area contributed by atoms with E-state index in [-0.39, 0.29) is 0 Å². The summed E-state index contributed by atoms with van der Waals surface area (Å²) in [5.41, 5.74) is 3.80. The summed E-state index contributed by atoms with van der Waals surface area (Å²) in [6, 6.07) is 12.7. The van der Waals surface area contributed by atoms with Crippen LogP contribution in [0, 0.1) is 11.8 Å². The van der Waals surface area contributed by atoms with Crippen molar-refractivity contribution in [3.8, 4) is 11.8 Å². The van der Waals surface area contributed by atoms with Crippen molar-refractivity contribution in [2.24, 2.45) is 0 Å². The molecule has 3 nitrogen and oxygen atoms in total. The zero-order chi connectivity index (χ0) is 15.6. The lowest BCUT2D eigenvalue weighted by molar-refractivity contribution is -0.130. The Morgan fingerprint density at radius 1 is 1.05 bits per heavy atom. The molecule has 0 aliphatic carbocycles. The third-order valence-corrected chi connectivity index (χ3v) is 3.37. The van der Waals surface area contributed by atoms with Crippen molar-refractivity contribution in [3.05, 3.63) is 65.5 Å². The molecule has 1 heterocycles. The highest BCUT2D eigenvalue weighted by Crippen LogP contribution is 2.12. The van der Waals surface area contributed by atoms with E-state index in [9.17, 15) is 4.79 Å². The molecular weight excluding hydrogens is 274 g/mol. The van der Waals surface area contributed by atoms with Gasteiger partial charge in [-0.2, -0.15) is 0 Å². The summed E-state index contributed by atoms with van der Waals surface area (Å²) in [6.07, 6.45) is 8.18. The molecule has 0 saturated heterocycles. The smallest absolute Gasteiger partial charge is 0.381 e. The maximum atomic E-state index is 10.2. The highest BCUT2D eigenvalue weighted by Gasteiger charge is 1.98. The Hall–Kier alpha value is -2.60. The molecule has 1 aromatic carbocycles. The van der Waals surface area contributed by atoms with Crippen LogP contribution in [0.25, 0.3) is 0 Å². The van der Waals surface area contributed by atoms with E-state index < -0.39 is 5.97 Å². The van der Waals surface area contributed by atoms with Crippen molar-refractivity contribution in [1.29, 1.82) is 0 Å². The van der Waals surface area contributed by atoms with Crippen LogP contribution in [0.1, 0.15) is 36.0 Å². The second-order valence-corrected chi connectivity index (χ2v) is 5.17. The molecular formula is C19H19NO2. The summed E-state index contributed by atoms with van der Waals surface area (Å²) in [6.45, 7) is 0. The van der Waals surface area contributed by atoms with Gasteiger partial charge in [0.15, 0.2) is 0 Å². The highest BCUT2D eigenvalue weighted by molar-refractivity contribution is 5.86. The summed E-state index contributed by atoms with van der Waals surface area (Å²) in [5, 5.41) is 8.40. The first-order chi connectivity index (χ1) is 10.7. The van der Waals surface area contributed by atoms with E-state index in [1.807, 2.05) is 12.3 Å². The molecule has 0 aliphatic heterocycles. The Balaban J connectivity index is 1.75. The number of hydrogen-bond acceptors (Lipinski definition) is 2. The molecule has 0 aliphatic rings. The number of benzene rings is 1. The third-order valence-electron chi connectivity index (χ3n) is 3.37. The Labute approximate surface area is 131 Å². The number of aryl methyl sites for hydroxylation is 1. The third kappa shape index (κ3) is 5.80. The van der Waals surface area contributed by atoms with Crippen LogP contribution in [0.3, 0.4) is 0 Å². The minimum absolute atomic E-state index is 0.644. The van der Waals surface area contributed by atoms with Crippen LogP contribution in [0.5, 0.6) is 0 Å². The summed E-state index contributed by atoms with van der Waals surface area (Å²) in [5.74, 6) is 3.74. The molecule has 0 radical (unpaired) electrons. The minimum atomic E-state index is -1.05. The molecule has 1 aromatic heterocycles. The van der Waals surface area contributed by atoms with Crippen molar-refractivity contribution >= 4 is 5.97 Å². The molecule has 0 spiro atoms. The maximum Gasteiger partial charge on any atom is 0.381 e. The van der Waals surface area contributed by atoms with Gasteiger partial charge in [0.1, 0.15) is 0 Å². The lowest BCUT2D eigenvalue weighted by Gasteiger charge is -2.04. The van der Waals surface area contributed by atoms with Crippen LogP contribution in [0.2, 0.25) is 0 Å². The summed E-state index contributed by atoms with van der Waals surface area (Å²) in [4.78, 5) is 14.4. The zero-order valence-corrected chi connectivity index (χ0v) is 12.5. The van der Waals surface area contributed by atoms with Gasteiger partial charge in [-0.1, -0.05) is 36.3 Å². The Morgan fingerprint density at radius 2 is 1.82 bits per heavy atom. The number of rotatable bonds is 6. The number of aliphatic carboxylic acids is 1. The first kappa shape index (κ1) is 15.8. The zero-order valence-electron chi connectivity index (χ0n) is 12.5. The van der Waals surface area contributed by atoms with Crippen molar-refractivity contribution < 1.29 is 9.90 Å². The fourth-order valence-corrected chi connectivity index (χ4v) is 2.24. The largest absolute Gasteiger partial charge is 0.472 e. The molecule has 0 unspecified atom stereocenters. The molecule has 22 heavy (non-hydrogen) atoms. The van der Waals surface area contributed by atoms with E-state index >= 15 is 0 Å². The number of nitrogens with zero attached hydrogens (tertiary/aromatic N) is 1. The molecule has 3 heteroatoms. The van der Waals surface area contributed by atoms with Crippen molar-refractivity contribution in [2.75, 3.05) is 0 Å². The number of aromatic nitrogens is 1. The van der Waals surface area contributed by atoms with E-state index in [0.29, 0.717) is 6.42 Å². The van der Waals surface area contributed by atoms with Gasteiger partial charge < -0.3 is 5.11 Å². The van der Waals surface area contributed by atoms with Crippen LogP contribution in [-0.2, 0) is 17.6 Å². The number of carboxylic acids is 1. The van der Waals surface area contributed by atoms with Gasteiger partial charge in [0, 0.05) is 24.7 Å². The molecule has 0 atom stereocenters. The van der Waals surface area contributed by atoms with Gasteiger partial charge in [-0.3, -0.25) is 4.98 Å². The molecule has 0 bridgehead atoms. The highest BCUT2D eigenvalue weighted by atomic mass is 16.4. The molecule has 1 N–H and O–H groups in total. The fraction of sp³-hybridized carbons (Fsp3) is 0.263. The van der Waals surface area contributed by atoms with Gasteiger partial charge in [-0.25, -0.2) is 4.79 Å². The number of carboxylic acid groups (broad SMARTS) is 1. The monoisotopic (exact) mass is 293 g/mol. The van der Waals surface area contributed by atoms with Crippen LogP contribution in [0.4, 0.5) is 0 Å². The lowest BCUT2D eigenvalue weighted by Crippen LogP contribution is -1.91. The lowest BCUT2D eigenvalue weighted by atomic mass is 10.0. The van der Waals surface area contributed by atoms with Gasteiger partial charge in [-0.05, 0) is 48.4 Å². The van der Waals surface area contributed by atoms with Crippen LogP contribution in [-0.4, -0.2) is 16.1 Å². The summed E-state index contributed by atoms with van der Waals surface area (Å²) in [7, 11) is 0. The number of unbranched alkanes of at least 4 members (excludes halogenated alkanes) is 2. The van der Waals surface area contributed by atoms with Crippen molar-refractivity contribution in [2.45, 2.75) is 32.1 Å². The standard InChI is InChI=1S/C19H19NO2/c21-19(22)8-4-2-1-3-6-16-9-11-17(12-10-16)14-18-7-5-13-20-15-18/h5,7,9-13,15H,1-3,6,14H2,(H,21,22). The minimum Gasteiger partial charge on any atom is -0.472 e. The van der Waals surface area contributed by atoms with Crippen LogP contribution < -0.4 is 0 Å². The SMILES string of the molecule is O=C(O)C#CCCCCc1ccc(Cc2cccnc2)cc1. The summed E-state index contributed by atoms with van der Waals surface area (Å²) < 4.78 is 0. The molecule has 0 fully saturated rings. The molecule has 0 saturated carbocycles. The van der Waals surface area contributed by atoms with Gasteiger partial charge in [-0.15, -0.1) is 0 Å². The normalized spacial score (nSPS) is 9.82. The maximum absolute atomic E-state index is 10.2. The fourth-order valence-electron chi connectivity index (χ4n) is 2.24. The molecule has 112 valence electrons. The van der Waals surface area contributed by atoms with Crippen molar-refractivity contribution in [3.63, 3.8) is 0 Å². The number of pyridine rings is 1. The Bertz CT molecular complexity index is 651. The summed E-state index contributed by atoms with van der Waals surface area (Å²) >= 11 is 0. The van der Waals surface area contributed by atoms with E-state index in [0.717, 1.165) is 25.7 Å². The van der Waals surface area contributed by atoms with Gasteiger partial charge in [0.25, 0.3) is 0 Å². The first-order valence-corrected chi connectivity index (χ1v) is 7.42. The molecule has 2 rings (SSSR count). The quantitative estimate of drug-likeness (QED) is 0.655. The van der Waals surface area contributed by atoms with Gasteiger partial charge in [0.05, 0.1) is 0 Å². The Kier molecular flexibility index (Phi) is 6.19. The average Bonchev–Trinajstić information content (AvgIpc) is 2.53. The van der Waals surface area contributed by atoms with E-state index in [1.165, 1.54) is 16.7 Å². The van der Waals surface area contributed by atoms with Gasteiger partial charge >= 0.3 is 5.97 Å². The van der Waals surface area contributed by atoms with Crippen molar-refractivity contribution in [1.82, 2.24) is 4.98 Å². The molecule has 0 amide bonds. The first-order valence-electron chi connectivity index (χ1n) is 7.42. The number of hydrogen-bond donors (Lipinski definition) is 1. The van der Waals surface area contributed by atoms with E-state index in [4.69, 9.17) is 5.11 Å². The Morgan fingerprint density at radius 3 is 2.50 bits per heavy atom. The average molecular weight is 293 g/mol. The second-order valence-electron chi connectivity index (χ2n) is 5.17. The topological polar surface area (TPSA) is 50.2 Å². The van der Waals surface area contributed by atoms with E-state index in [1.54, 1.807) is 6.20 Å². The number of carbonyl (C=O) groups is 1. The predicted octanol–water partition coefficient (Wildman–Crippen LogP) is 3.47. The van der Waals surface area contributed by atoms with Crippen LogP contribution in [0.15, 0.2) is 48.8 Å². The second kappa shape index (κ2) is 8.63. The molecule has 2 aromatic rings. The van der Waals surface area contributed by atoms with Crippen LogP contribution >= 0.6 is 0 Å². The van der Waals surface area contributed by atoms with E-state index in [2.05, 4.69) is 47.2 Å². The van der Waals surface area contributed by atoms with Gasteiger partial charge in [0.2, 0.25) is 0 Å². The predicted molar refractivity (Wildman–Crippen MR) is 86.5 cm³/mol.